The lowest BCUT2D eigenvalue weighted by atomic mass is 10.1. The van der Waals surface area contributed by atoms with E-state index in [1.165, 1.54) is 41.4 Å². The molecule has 1 aromatic heterocycles. The molecule has 0 saturated carbocycles. The van der Waals surface area contributed by atoms with Crippen LogP contribution in [0, 0.1) is 5.82 Å². The average Bonchev–Trinajstić information content (AvgIpc) is 3.17. The summed E-state index contributed by atoms with van der Waals surface area (Å²) in [6.45, 7) is 1.88. The molecule has 0 aliphatic carbocycles. The average molecular weight is 421 g/mol. The molecule has 0 atom stereocenters. The van der Waals surface area contributed by atoms with Crippen molar-refractivity contribution in [2.75, 3.05) is 6.61 Å². The number of alkyl halides is 3. The van der Waals surface area contributed by atoms with Crippen molar-refractivity contribution in [3.63, 3.8) is 0 Å². The Kier molecular flexibility index (Phi) is 6.14. The zero-order valence-corrected chi connectivity index (χ0v) is 15.6. The third-order valence-corrected chi connectivity index (χ3v) is 3.77. The van der Waals surface area contributed by atoms with Gasteiger partial charge in [0.05, 0.1) is 12.3 Å². The predicted octanol–water partition coefficient (Wildman–Crippen LogP) is 4.55. The van der Waals surface area contributed by atoms with Gasteiger partial charge in [0, 0.05) is 17.2 Å². The molecule has 0 amide bonds. The number of nitrogens with zero attached hydrogens (tertiary/aromatic N) is 3. The smallest absolute Gasteiger partial charge is 0.463 e. The Balaban J connectivity index is 1.76. The second-order valence-corrected chi connectivity index (χ2v) is 5.88. The van der Waals surface area contributed by atoms with E-state index in [2.05, 4.69) is 14.8 Å². The summed E-state index contributed by atoms with van der Waals surface area (Å²) in [5.41, 5.74) is 1.01. The molecule has 0 radical (unpaired) electrons. The normalized spacial score (nSPS) is 11.6. The van der Waals surface area contributed by atoms with Gasteiger partial charge in [-0.25, -0.2) is 18.9 Å². The van der Waals surface area contributed by atoms with Gasteiger partial charge in [0.1, 0.15) is 17.9 Å². The highest BCUT2D eigenvalue weighted by molar-refractivity contribution is 5.87. The summed E-state index contributed by atoms with van der Waals surface area (Å²) in [4.78, 5) is 15.4. The number of aromatic nitrogens is 3. The van der Waals surface area contributed by atoms with Gasteiger partial charge in [0.25, 0.3) is 0 Å². The Labute approximate surface area is 168 Å². The first-order chi connectivity index (χ1) is 14.2. The van der Waals surface area contributed by atoms with Gasteiger partial charge in [-0.1, -0.05) is 12.1 Å². The summed E-state index contributed by atoms with van der Waals surface area (Å²) in [6, 6.07) is 9.30. The maximum absolute atomic E-state index is 14.3. The van der Waals surface area contributed by atoms with Crippen molar-refractivity contribution in [3.8, 4) is 22.8 Å². The van der Waals surface area contributed by atoms with Crippen LogP contribution in [0.4, 0.5) is 17.6 Å². The molecule has 6 nitrogen and oxygen atoms in total. The number of esters is 1. The van der Waals surface area contributed by atoms with E-state index in [4.69, 9.17) is 4.74 Å². The first kappa shape index (κ1) is 21.0. The van der Waals surface area contributed by atoms with E-state index in [1.54, 1.807) is 13.0 Å². The van der Waals surface area contributed by atoms with Crippen LogP contribution in [0.3, 0.4) is 0 Å². The summed E-state index contributed by atoms with van der Waals surface area (Å²) in [5, 5.41) is 4.21. The van der Waals surface area contributed by atoms with Gasteiger partial charge < -0.3 is 9.47 Å². The number of halogens is 4. The number of hydrogen-bond acceptors (Lipinski definition) is 5. The largest absolute Gasteiger partial charge is 0.573 e. The summed E-state index contributed by atoms with van der Waals surface area (Å²) >= 11 is 0. The van der Waals surface area contributed by atoms with Crippen LogP contribution >= 0.6 is 0 Å². The molecule has 0 unspecified atom stereocenters. The summed E-state index contributed by atoms with van der Waals surface area (Å²) in [7, 11) is 0. The van der Waals surface area contributed by atoms with Crippen LogP contribution in [0.1, 0.15) is 12.5 Å². The molecular formula is C20H15F4N3O3. The maximum atomic E-state index is 14.3. The Morgan fingerprint density at radius 2 is 1.90 bits per heavy atom. The quantitative estimate of drug-likeness (QED) is 0.332. The number of rotatable bonds is 6. The van der Waals surface area contributed by atoms with Gasteiger partial charge in [-0.15, -0.1) is 18.3 Å². The lowest BCUT2D eigenvalue weighted by molar-refractivity contribution is -0.274. The summed E-state index contributed by atoms with van der Waals surface area (Å²) in [6.07, 6.45) is -1.00. The van der Waals surface area contributed by atoms with Crippen LogP contribution in [0.15, 0.2) is 54.9 Å². The van der Waals surface area contributed by atoms with Crippen LogP contribution in [-0.2, 0) is 9.53 Å². The van der Waals surface area contributed by atoms with Crippen LogP contribution < -0.4 is 4.74 Å². The fourth-order valence-corrected chi connectivity index (χ4v) is 2.47. The molecule has 0 bridgehead atoms. The van der Waals surface area contributed by atoms with Crippen molar-refractivity contribution in [1.29, 1.82) is 0 Å². The Hall–Kier alpha value is -3.69. The molecule has 10 heteroatoms. The van der Waals surface area contributed by atoms with Gasteiger partial charge in [-0.3, -0.25) is 0 Å². The lowest BCUT2D eigenvalue weighted by Gasteiger charge is -2.09. The molecule has 0 aliphatic rings. The van der Waals surface area contributed by atoms with Crippen molar-refractivity contribution >= 4 is 12.0 Å². The fraction of sp³-hybridized carbons (Fsp3) is 0.150. The van der Waals surface area contributed by atoms with Crippen molar-refractivity contribution in [2.45, 2.75) is 13.3 Å². The van der Waals surface area contributed by atoms with Gasteiger partial charge in [0.15, 0.2) is 5.82 Å². The van der Waals surface area contributed by atoms with E-state index < -0.39 is 18.1 Å². The Bertz CT molecular complexity index is 1060. The topological polar surface area (TPSA) is 66.2 Å². The number of hydrogen-bond donors (Lipinski definition) is 0. The minimum atomic E-state index is -4.77. The van der Waals surface area contributed by atoms with Crippen LogP contribution in [0.25, 0.3) is 23.2 Å². The Morgan fingerprint density at radius 3 is 2.53 bits per heavy atom. The molecule has 0 fully saturated rings. The highest BCUT2D eigenvalue weighted by Gasteiger charge is 2.31. The lowest BCUT2D eigenvalue weighted by Crippen LogP contribution is -2.17. The monoisotopic (exact) mass is 421 g/mol. The van der Waals surface area contributed by atoms with Gasteiger partial charge >= 0.3 is 12.3 Å². The first-order valence-electron chi connectivity index (χ1n) is 8.68. The van der Waals surface area contributed by atoms with Crippen molar-refractivity contribution in [3.05, 3.63) is 66.2 Å². The van der Waals surface area contributed by atoms with E-state index in [-0.39, 0.29) is 23.7 Å². The third kappa shape index (κ3) is 5.43. The van der Waals surface area contributed by atoms with Crippen LogP contribution in [-0.4, -0.2) is 33.7 Å². The fourth-order valence-electron chi connectivity index (χ4n) is 2.47. The minimum absolute atomic E-state index is 0.187. The third-order valence-electron chi connectivity index (χ3n) is 3.77. The summed E-state index contributed by atoms with van der Waals surface area (Å²) in [5.74, 6) is -1.31. The van der Waals surface area contributed by atoms with Crippen molar-refractivity contribution in [1.82, 2.24) is 14.8 Å². The molecule has 0 saturated heterocycles. The zero-order chi connectivity index (χ0) is 21.7. The number of benzene rings is 2. The predicted molar refractivity (Wildman–Crippen MR) is 99.1 cm³/mol. The van der Waals surface area contributed by atoms with Crippen LogP contribution in [0.5, 0.6) is 5.75 Å². The van der Waals surface area contributed by atoms with Gasteiger partial charge in [0.2, 0.25) is 0 Å². The highest BCUT2D eigenvalue weighted by Crippen LogP contribution is 2.24. The maximum Gasteiger partial charge on any atom is 0.573 e. The van der Waals surface area contributed by atoms with Crippen molar-refractivity contribution < 1.29 is 31.8 Å². The molecule has 2 aromatic carbocycles. The van der Waals surface area contributed by atoms with E-state index in [9.17, 15) is 22.4 Å². The van der Waals surface area contributed by atoms with E-state index in [1.807, 2.05) is 0 Å². The molecular weight excluding hydrogens is 406 g/mol. The summed E-state index contributed by atoms with van der Waals surface area (Å²) < 4.78 is 60.9. The molecule has 0 aliphatic heterocycles. The number of carbonyl (C=O) groups excluding carboxylic acids is 1. The molecule has 3 aromatic rings. The molecule has 1 heterocycles. The second-order valence-electron chi connectivity index (χ2n) is 5.88. The second kappa shape index (κ2) is 8.76. The Morgan fingerprint density at radius 1 is 1.17 bits per heavy atom. The van der Waals surface area contributed by atoms with Crippen molar-refractivity contribution in [2.24, 2.45) is 0 Å². The van der Waals surface area contributed by atoms with Gasteiger partial charge in [-0.2, -0.15) is 0 Å². The molecule has 156 valence electrons. The van der Waals surface area contributed by atoms with E-state index >= 15 is 0 Å². The molecule has 3 rings (SSSR count). The van der Waals surface area contributed by atoms with E-state index in [0.717, 1.165) is 18.2 Å². The highest BCUT2D eigenvalue weighted by atomic mass is 19.4. The number of ether oxygens (including phenoxy) is 2. The number of carbonyl (C=O) groups is 1. The molecule has 0 N–H and O–H groups in total. The van der Waals surface area contributed by atoms with Gasteiger partial charge in [-0.05, 0) is 43.3 Å². The standard InChI is InChI=1S/C20H15F4N3O3/c1-2-29-18(28)10-5-13-3-4-14(11-17(13)21)19-25-12-27(26-19)15-6-8-16(9-7-15)30-20(22,23)24/h3-12H,2H2,1H3/b10-5+. The molecule has 0 spiro atoms. The van der Waals surface area contributed by atoms with E-state index in [0.29, 0.717) is 11.3 Å². The minimum Gasteiger partial charge on any atom is -0.463 e. The SMILES string of the molecule is CCOC(=O)/C=C/c1ccc(-c2ncn(-c3ccc(OC(F)(F)F)cc3)n2)cc1F. The first-order valence-corrected chi connectivity index (χ1v) is 8.68. The zero-order valence-electron chi connectivity index (χ0n) is 15.6. The van der Waals surface area contributed by atoms with Crippen LogP contribution in [0.2, 0.25) is 0 Å². The molecule has 30 heavy (non-hydrogen) atoms.